The summed E-state index contributed by atoms with van der Waals surface area (Å²) in [6.07, 6.45) is 12.3. The van der Waals surface area contributed by atoms with Gasteiger partial charge in [0, 0.05) is 6.21 Å². The number of carbonyl (C=O) groups is 1. The fraction of sp³-hybridized carbons (Fsp3) is 0.556. The van der Waals surface area contributed by atoms with Crippen molar-refractivity contribution in [2.75, 3.05) is 0 Å². The first-order valence-electron chi connectivity index (χ1n) is 7.53. The highest BCUT2D eigenvalue weighted by molar-refractivity contribution is 5.79. The van der Waals surface area contributed by atoms with Crippen molar-refractivity contribution in [1.82, 2.24) is 0 Å². The zero-order chi connectivity index (χ0) is 16.3. The molecular weight excluding hydrogens is 262 g/mol. The Kier molecular flexibility index (Phi) is 10.2. The predicted molar refractivity (Wildman–Crippen MR) is 91.0 cm³/mol. The van der Waals surface area contributed by atoms with Gasteiger partial charge in [-0.1, -0.05) is 28.9 Å². The average Bonchev–Trinajstić information content (AvgIpc) is 2.37. The molecule has 3 heteroatoms. The monoisotopic (exact) mass is 291 g/mol. The number of rotatable bonds is 9. The van der Waals surface area contributed by atoms with Gasteiger partial charge in [-0.3, -0.25) is 4.99 Å². The molecule has 0 saturated heterocycles. The van der Waals surface area contributed by atoms with E-state index >= 15 is 0 Å². The van der Waals surface area contributed by atoms with Gasteiger partial charge in [-0.15, -0.1) is 0 Å². The van der Waals surface area contributed by atoms with Crippen LogP contribution in [0.15, 0.2) is 39.9 Å². The Balaban J connectivity index is 4.09. The summed E-state index contributed by atoms with van der Waals surface area (Å²) in [6, 6.07) is -0.675. The number of carboxylic acids is 1. The summed E-state index contributed by atoms with van der Waals surface area (Å²) in [5.74, 6) is -0.896. The zero-order valence-corrected chi connectivity index (χ0v) is 14.0. The molecule has 0 aliphatic carbocycles. The van der Waals surface area contributed by atoms with E-state index in [4.69, 9.17) is 5.11 Å². The summed E-state index contributed by atoms with van der Waals surface area (Å²) in [7, 11) is 0. The highest BCUT2D eigenvalue weighted by Crippen LogP contribution is 2.11. The molecule has 0 radical (unpaired) electrons. The molecule has 0 aromatic carbocycles. The lowest BCUT2D eigenvalue weighted by Crippen LogP contribution is -2.12. The van der Waals surface area contributed by atoms with Crippen LogP contribution in [0.25, 0.3) is 0 Å². The van der Waals surface area contributed by atoms with Crippen molar-refractivity contribution in [1.29, 1.82) is 0 Å². The molecule has 118 valence electrons. The molecule has 0 fully saturated rings. The number of allylic oxidation sites excluding steroid dienone is 6. The van der Waals surface area contributed by atoms with Crippen LogP contribution in [0.5, 0.6) is 0 Å². The Labute approximate surface area is 129 Å². The molecule has 1 atom stereocenters. The van der Waals surface area contributed by atoms with Gasteiger partial charge in [0.05, 0.1) is 0 Å². The van der Waals surface area contributed by atoms with E-state index in [2.05, 4.69) is 37.9 Å². The minimum Gasteiger partial charge on any atom is -0.480 e. The van der Waals surface area contributed by atoms with Gasteiger partial charge in [-0.05, 0) is 66.4 Å². The molecule has 0 aromatic rings. The Hall–Kier alpha value is -1.64. The summed E-state index contributed by atoms with van der Waals surface area (Å²) in [5, 5.41) is 8.71. The summed E-state index contributed by atoms with van der Waals surface area (Å²) >= 11 is 0. The third-order valence-electron chi connectivity index (χ3n) is 3.15. The van der Waals surface area contributed by atoms with Gasteiger partial charge in [0.25, 0.3) is 0 Å². The normalized spacial score (nSPS) is 14.3. The van der Waals surface area contributed by atoms with Crippen molar-refractivity contribution >= 4 is 12.2 Å². The number of hydrogen-bond acceptors (Lipinski definition) is 2. The SMILES string of the molecule is CC(C)=CCCC(C)=CCCC(C)=CC=N[C@@H](C)C(=O)O. The fourth-order valence-corrected chi connectivity index (χ4v) is 1.68. The maximum absolute atomic E-state index is 10.6. The predicted octanol–water partition coefficient (Wildman–Crippen LogP) is 4.95. The largest absolute Gasteiger partial charge is 0.480 e. The maximum Gasteiger partial charge on any atom is 0.328 e. The van der Waals surface area contributed by atoms with E-state index in [1.165, 1.54) is 16.7 Å². The van der Waals surface area contributed by atoms with Crippen LogP contribution in [0.4, 0.5) is 0 Å². The van der Waals surface area contributed by atoms with Crippen LogP contribution in [0, 0.1) is 0 Å². The van der Waals surface area contributed by atoms with Crippen molar-refractivity contribution in [3.05, 3.63) is 34.9 Å². The number of nitrogens with zero attached hydrogens (tertiary/aromatic N) is 1. The Bertz CT molecular complexity index is 438. The highest BCUT2D eigenvalue weighted by Gasteiger charge is 2.05. The van der Waals surface area contributed by atoms with Crippen molar-refractivity contribution < 1.29 is 9.90 Å². The third kappa shape index (κ3) is 11.9. The molecule has 0 spiro atoms. The van der Waals surface area contributed by atoms with Gasteiger partial charge >= 0.3 is 5.97 Å². The summed E-state index contributed by atoms with van der Waals surface area (Å²) in [6.45, 7) is 10.0. The summed E-state index contributed by atoms with van der Waals surface area (Å²) in [4.78, 5) is 14.5. The van der Waals surface area contributed by atoms with Crippen molar-refractivity contribution in [2.45, 2.75) is 66.3 Å². The number of aliphatic imine (C=N–C) groups is 1. The quantitative estimate of drug-likeness (QED) is 0.482. The summed E-state index contributed by atoms with van der Waals surface area (Å²) < 4.78 is 0. The first kappa shape index (κ1) is 19.4. The second-order valence-corrected chi connectivity index (χ2v) is 5.73. The molecule has 3 nitrogen and oxygen atoms in total. The lowest BCUT2D eigenvalue weighted by Gasteiger charge is -2.01. The Morgan fingerprint density at radius 1 is 1.05 bits per heavy atom. The van der Waals surface area contributed by atoms with Crippen LogP contribution in [0.2, 0.25) is 0 Å². The third-order valence-corrected chi connectivity index (χ3v) is 3.15. The van der Waals surface area contributed by atoms with Crippen LogP contribution in [-0.4, -0.2) is 23.3 Å². The molecule has 0 saturated carbocycles. The van der Waals surface area contributed by atoms with Gasteiger partial charge in [0.1, 0.15) is 6.04 Å². The van der Waals surface area contributed by atoms with Gasteiger partial charge in [0.15, 0.2) is 0 Å². The Morgan fingerprint density at radius 3 is 2.19 bits per heavy atom. The van der Waals surface area contributed by atoms with Crippen molar-refractivity contribution in [3.8, 4) is 0 Å². The average molecular weight is 291 g/mol. The Morgan fingerprint density at radius 2 is 1.62 bits per heavy atom. The smallest absolute Gasteiger partial charge is 0.328 e. The van der Waals surface area contributed by atoms with E-state index in [0.717, 1.165) is 25.7 Å². The lowest BCUT2D eigenvalue weighted by molar-refractivity contribution is -0.137. The van der Waals surface area contributed by atoms with E-state index in [1.807, 2.05) is 13.0 Å². The molecule has 1 N–H and O–H groups in total. The molecule has 0 aromatic heterocycles. The van der Waals surface area contributed by atoms with Crippen LogP contribution < -0.4 is 0 Å². The van der Waals surface area contributed by atoms with E-state index < -0.39 is 12.0 Å². The van der Waals surface area contributed by atoms with Gasteiger partial charge in [-0.2, -0.15) is 0 Å². The number of hydrogen-bond donors (Lipinski definition) is 1. The highest BCUT2D eigenvalue weighted by atomic mass is 16.4. The molecule has 0 aliphatic heterocycles. The molecule has 0 amide bonds. The van der Waals surface area contributed by atoms with Crippen molar-refractivity contribution in [3.63, 3.8) is 0 Å². The van der Waals surface area contributed by atoms with Gasteiger partial charge < -0.3 is 5.11 Å². The fourth-order valence-electron chi connectivity index (χ4n) is 1.68. The standard InChI is InChI=1S/C18H29NO2/c1-14(2)8-6-9-15(3)10-7-11-16(4)12-13-19-17(5)18(20)21/h8,10,12-13,17H,6-7,9,11H2,1-5H3,(H,20,21)/t17-/m0/s1. The van der Waals surface area contributed by atoms with Crippen LogP contribution in [0.1, 0.15) is 60.3 Å². The zero-order valence-electron chi connectivity index (χ0n) is 14.0. The molecular formula is C18H29NO2. The van der Waals surface area contributed by atoms with Crippen LogP contribution in [0.3, 0.4) is 0 Å². The minimum atomic E-state index is -0.896. The van der Waals surface area contributed by atoms with Gasteiger partial charge in [-0.25, -0.2) is 4.79 Å². The van der Waals surface area contributed by atoms with E-state index in [0.29, 0.717) is 0 Å². The first-order valence-corrected chi connectivity index (χ1v) is 7.53. The topological polar surface area (TPSA) is 49.7 Å². The molecule has 0 bridgehead atoms. The second-order valence-electron chi connectivity index (χ2n) is 5.73. The van der Waals surface area contributed by atoms with E-state index in [9.17, 15) is 4.79 Å². The first-order chi connectivity index (χ1) is 9.82. The molecule has 21 heavy (non-hydrogen) atoms. The molecule has 0 unspecified atom stereocenters. The molecule has 0 heterocycles. The molecule has 0 rings (SSSR count). The van der Waals surface area contributed by atoms with Crippen molar-refractivity contribution in [2.24, 2.45) is 4.99 Å². The molecule has 0 aliphatic rings. The van der Waals surface area contributed by atoms with E-state index in [1.54, 1.807) is 13.1 Å². The van der Waals surface area contributed by atoms with Crippen LogP contribution >= 0.6 is 0 Å². The number of aliphatic carboxylic acids is 1. The summed E-state index contributed by atoms with van der Waals surface area (Å²) in [5.41, 5.74) is 4.01. The van der Waals surface area contributed by atoms with Crippen LogP contribution in [-0.2, 0) is 4.79 Å². The maximum atomic E-state index is 10.6. The van der Waals surface area contributed by atoms with Gasteiger partial charge in [0.2, 0.25) is 0 Å². The lowest BCUT2D eigenvalue weighted by atomic mass is 10.1. The number of carboxylic acid groups (broad SMARTS) is 1. The second kappa shape index (κ2) is 11.1. The van der Waals surface area contributed by atoms with E-state index in [-0.39, 0.29) is 0 Å². The minimum absolute atomic E-state index is 0.675.